The van der Waals surface area contributed by atoms with Gasteiger partial charge in [-0.3, -0.25) is 4.79 Å². The first kappa shape index (κ1) is 19.2. The van der Waals surface area contributed by atoms with Gasteiger partial charge in [0.25, 0.3) is 5.91 Å². The average Bonchev–Trinajstić information content (AvgIpc) is 2.61. The van der Waals surface area contributed by atoms with Crippen molar-refractivity contribution in [3.63, 3.8) is 0 Å². The number of ether oxygens (including phenoxy) is 3. The number of benzene rings is 2. The SMILES string of the molecule is COc1cccc(NC(=O)C(C)OC(=O)c2ccc(OC(F)F)cc2)c1. The monoisotopic (exact) mass is 365 g/mol. The van der Waals surface area contributed by atoms with E-state index in [0.29, 0.717) is 11.4 Å². The predicted molar refractivity (Wildman–Crippen MR) is 89.6 cm³/mol. The maximum absolute atomic E-state index is 12.1. The van der Waals surface area contributed by atoms with E-state index in [-0.39, 0.29) is 11.3 Å². The number of rotatable bonds is 7. The molecule has 1 N–H and O–H groups in total. The summed E-state index contributed by atoms with van der Waals surface area (Å²) in [7, 11) is 1.50. The summed E-state index contributed by atoms with van der Waals surface area (Å²) < 4.78 is 38.5. The number of carbonyl (C=O) groups excluding carboxylic acids is 2. The van der Waals surface area contributed by atoms with Crippen molar-refractivity contribution in [2.45, 2.75) is 19.6 Å². The Hall–Kier alpha value is -3.16. The van der Waals surface area contributed by atoms with E-state index >= 15 is 0 Å². The van der Waals surface area contributed by atoms with Crippen LogP contribution in [0.2, 0.25) is 0 Å². The van der Waals surface area contributed by atoms with Crippen molar-refractivity contribution in [1.29, 1.82) is 0 Å². The largest absolute Gasteiger partial charge is 0.497 e. The number of anilines is 1. The summed E-state index contributed by atoms with van der Waals surface area (Å²) in [6.45, 7) is -1.53. The van der Waals surface area contributed by atoms with Crippen LogP contribution in [0.15, 0.2) is 48.5 Å². The number of methoxy groups -OCH3 is 1. The van der Waals surface area contributed by atoms with Gasteiger partial charge in [0.15, 0.2) is 6.10 Å². The minimum atomic E-state index is -2.95. The summed E-state index contributed by atoms with van der Waals surface area (Å²) >= 11 is 0. The van der Waals surface area contributed by atoms with Crippen LogP contribution in [0.4, 0.5) is 14.5 Å². The molecule has 0 aliphatic carbocycles. The predicted octanol–water partition coefficient (Wildman–Crippen LogP) is 3.48. The van der Waals surface area contributed by atoms with E-state index in [4.69, 9.17) is 9.47 Å². The number of esters is 1. The minimum Gasteiger partial charge on any atom is -0.497 e. The second-order valence-electron chi connectivity index (χ2n) is 5.17. The zero-order valence-corrected chi connectivity index (χ0v) is 14.1. The van der Waals surface area contributed by atoms with Gasteiger partial charge in [-0.25, -0.2) is 4.79 Å². The summed E-state index contributed by atoms with van der Waals surface area (Å²) in [4.78, 5) is 24.2. The lowest BCUT2D eigenvalue weighted by Gasteiger charge is -2.14. The Balaban J connectivity index is 1.94. The average molecular weight is 365 g/mol. The summed E-state index contributed by atoms with van der Waals surface area (Å²) in [6, 6.07) is 11.7. The first-order chi connectivity index (χ1) is 12.4. The summed E-state index contributed by atoms with van der Waals surface area (Å²) in [5, 5.41) is 2.60. The highest BCUT2D eigenvalue weighted by Crippen LogP contribution is 2.18. The zero-order valence-electron chi connectivity index (χ0n) is 14.1. The summed E-state index contributed by atoms with van der Waals surface area (Å²) in [6.07, 6.45) is -1.06. The van der Waals surface area contributed by atoms with Crippen molar-refractivity contribution in [2.75, 3.05) is 12.4 Å². The van der Waals surface area contributed by atoms with Crippen LogP contribution in [0, 0.1) is 0 Å². The van der Waals surface area contributed by atoms with Gasteiger partial charge in [0.2, 0.25) is 0 Å². The fourth-order valence-corrected chi connectivity index (χ4v) is 2.00. The maximum Gasteiger partial charge on any atom is 0.387 e. The second-order valence-corrected chi connectivity index (χ2v) is 5.17. The van der Waals surface area contributed by atoms with E-state index in [1.165, 1.54) is 38.3 Å². The van der Waals surface area contributed by atoms with E-state index in [9.17, 15) is 18.4 Å². The third-order valence-corrected chi connectivity index (χ3v) is 3.31. The van der Waals surface area contributed by atoms with Gasteiger partial charge in [-0.1, -0.05) is 6.07 Å². The Bertz CT molecular complexity index is 764. The van der Waals surface area contributed by atoms with Crippen LogP contribution >= 0.6 is 0 Å². The van der Waals surface area contributed by atoms with Crippen LogP contribution in [0.3, 0.4) is 0 Å². The molecule has 0 aliphatic rings. The van der Waals surface area contributed by atoms with Gasteiger partial charge in [0.05, 0.1) is 12.7 Å². The van der Waals surface area contributed by atoms with Gasteiger partial charge in [0.1, 0.15) is 11.5 Å². The highest BCUT2D eigenvalue weighted by molar-refractivity contribution is 5.97. The number of amides is 1. The number of hydrogen-bond acceptors (Lipinski definition) is 5. The lowest BCUT2D eigenvalue weighted by Crippen LogP contribution is -2.30. The Morgan fingerprint density at radius 1 is 1.04 bits per heavy atom. The molecule has 1 amide bonds. The molecule has 0 bridgehead atoms. The van der Waals surface area contributed by atoms with Crippen LogP contribution in [0.1, 0.15) is 17.3 Å². The lowest BCUT2D eigenvalue weighted by atomic mass is 10.2. The Kier molecular flexibility index (Phi) is 6.48. The quantitative estimate of drug-likeness (QED) is 0.761. The van der Waals surface area contributed by atoms with Crippen LogP contribution in [-0.4, -0.2) is 31.7 Å². The van der Waals surface area contributed by atoms with Crippen molar-refractivity contribution < 1.29 is 32.6 Å². The summed E-state index contributed by atoms with van der Waals surface area (Å²) in [5.41, 5.74) is 0.596. The normalized spacial score (nSPS) is 11.6. The first-order valence-electron chi connectivity index (χ1n) is 7.60. The fourth-order valence-electron chi connectivity index (χ4n) is 2.00. The molecule has 138 valence electrons. The van der Waals surface area contributed by atoms with E-state index in [0.717, 1.165) is 0 Å². The van der Waals surface area contributed by atoms with Crippen molar-refractivity contribution in [1.82, 2.24) is 0 Å². The smallest absolute Gasteiger partial charge is 0.387 e. The molecule has 0 heterocycles. The molecule has 0 spiro atoms. The van der Waals surface area contributed by atoms with Gasteiger partial charge < -0.3 is 19.5 Å². The fraction of sp³-hybridized carbons (Fsp3) is 0.222. The third-order valence-electron chi connectivity index (χ3n) is 3.31. The molecule has 0 fully saturated rings. The number of hydrogen-bond donors (Lipinski definition) is 1. The van der Waals surface area contributed by atoms with E-state index in [1.54, 1.807) is 24.3 Å². The third kappa shape index (κ3) is 5.44. The molecular formula is C18H17F2NO5. The standard InChI is InChI=1S/C18H17F2NO5/c1-11(16(22)21-13-4-3-5-15(10-13)24-2)25-17(23)12-6-8-14(9-7-12)26-18(19)20/h3-11,18H,1-2H3,(H,21,22). The Morgan fingerprint density at radius 2 is 1.73 bits per heavy atom. The number of halogens is 2. The maximum atomic E-state index is 12.1. The minimum absolute atomic E-state index is 0.0830. The molecule has 0 saturated heterocycles. The van der Waals surface area contributed by atoms with Gasteiger partial charge in [-0.05, 0) is 43.3 Å². The Morgan fingerprint density at radius 3 is 2.35 bits per heavy atom. The molecule has 6 nitrogen and oxygen atoms in total. The van der Waals surface area contributed by atoms with E-state index in [2.05, 4.69) is 10.1 Å². The van der Waals surface area contributed by atoms with Gasteiger partial charge in [-0.15, -0.1) is 0 Å². The molecule has 2 aromatic rings. The Labute approximate surface area is 148 Å². The topological polar surface area (TPSA) is 73.9 Å². The first-order valence-corrected chi connectivity index (χ1v) is 7.60. The van der Waals surface area contributed by atoms with Gasteiger partial charge >= 0.3 is 12.6 Å². The van der Waals surface area contributed by atoms with Crippen molar-refractivity contribution in [3.8, 4) is 11.5 Å². The number of alkyl halides is 2. The molecule has 8 heteroatoms. The molecule has 26 heavy (non-hydrogen) atoms. The highest BCUT2D eigenvalue weighted by atomic mass is 19.3. The van der Waals surface area contributed by atoms with Crippen molar-refractivity contribution >= 4 is 17.6 Å². The molecule has 0 aromatic heterocycles. The molecule has 0 aliphatic heterocycles. The molecule has 2 aromatic carbocycles. The number of carbonyl (C=O) groups is 2. The van der Waals surface area contributed by atoms with Crippen LogP contribution in [0.25, 0.3) is 0 Å². The summed E-state index contributed by atoms with van der Waals surface area (Å²) in [5.74, 6) is -0.801. The van der Waals surface area contributed by atoms with Crippen LogP contribution < -0.4 is 14.8 Å². The molecule has 0 saturated carbocycles. The molecule has 2 rings (SSSR count). The zero-order chi connectivity index (χ0) is 19.1. The van der Waals surface area contributed by atoms with Gasteiger partial charge in [0, 0.05) is 11.8 Å². The molecular weight excluding hydrogens is 348 g/mol. The highest BCUT2D eigenvalue weighted by Gasteiger charge is 2.19. The lowest BCUT2D eigenvalue weighted by molar-refractivity contribution is -0.123. The molecule has 1 unspecified atom stereocenters. The van der Waals surface area contributed by atoms with Gasteiger partial charge in [-0.2, -0.15) is 8.78 Å². The van der Waals surface area contributed by atoms with Crippen LogP contribution in [-0.2, 0) is 9.53 Å². The second kappa shape index (κ2) is 8.80. The molecule has 1 atom stereocenters. The van der Waals surface area contributed by atoms with Crippen molar-refractivity contribution in [3.05, 3.63) is 54.1 Å². The van der Waals surface area contributed by atoms with Crippen LogP contribution in [0.5, 0.6) is 11.5 Å². The van der Waals surface area contributed by atoms with E-state index in [1.807, 2.05) is 0 Å². The van der Waals surface area contributed by atoms with E-state index < -0.39 is 24.6 Å². The van der Waals surface area contributed by atoms with Crippen molar-refractivity contribution in [2.24, 2.45) is 0 Å². The molecule has 0 radical (unpaired) electrons. The number of nitrogens with one attached hydrogen (secondary N) is 1.